The molecule has 2 aromatic carbocycles. The fourth-order valence-corrected chi connectivity index (χ4v) is 3.60. The first-order valence-electron chi connectivity index (χ1n) is 8.94. The second kappa shape index (κ2) is 7.52. The summed E-state index contributed by atoms with van der Waals surface area (Å²) in [5.74, 6) is -0.383. The van der Waals surface area contributed by atoms with Crippen molar-refractivity contribution in [2.75, 3.05) is 0 Å². The molecular weight excluding hydrogens is 332 g/mol. The van der Waals surface area contributed by atoms with Crippen LogP contribution in [-0.2, 0) is 5.60 Å². The van der Waals surface area contributed by atoms with Crippen LogP contribution >= 0.6 is 0 Å². The zero-order valence-electron chi connectivity index (χ0n) is 14.8. The van der Waals surface area contributed by atoms with Crippen molar-refractivity contribution in [1.82, 2.24) is 9.97 Å². The molecule has 132 valence electrons. The molecule has 0 saturated carbocycles. The largest absolute Gasteiger partial charge is 0.379 e. The molecule has 0 bridgehead atoms. The SMILES string of the molecule is OC(c1ccccc1)(c1cccnc1)C(c1ccccc1)c1ccccn1. The lowest BCUT2D eigenvalue weighted by atomic mass is 9.72. The maximum atomic E-state index is 12.2. The summed E-state index contributed by atoms with van der Waals surface area (Å²) in [7, 11) is 0. The van der Waals surface area contributed by atoms with Crippen LogP contribution in [0.4, 0.5) is 0 Å². The van der Waals surface area contributed by atoms with Crippen LogP contribution in [0.15, 0.2) is 110 Å². The fraction of sp³-hybridized carbons (Fsp3) is 0.0833. The summed E-state index contributed by atoms with van der Waals surface area (Å²) < 4.78 is 0. The molecule has 0 aliphatic rings. The third kappa shape index (κ3) is 3.25. The highest BCUT2D eigenvalue weighted by atomic mass is 16.3. The van der Waals surface area contributed by atoms with E-state index < -0.39 is 5.60 Å². The van der Waals surface area contributed by atoms with Gasteiger partial charge in [0.15, 0.2) is 0 Å². The average molecular weight is 352 g/mol. The van der Waals surface area contributed by atoms with E-state index in [9.17, 15) is 5.11 Å². The molecule has 0 amide bonds. The van der Waals surface area contributed by atoms with Crippen molar-refractivity contribution in [2.45, 2.75) is 11.5 Å². The first-order chi connectivity index (χ1) is 13.3. The predicted octanol–water partition coefficient (Wildman–Crippen LogP) is 4.54. The molecule has 4 aromatic rings. The van der Waals surface area contributed by atoms with E-state index >= 15 is 0 Å². The molecule has 2 aromatic heterocycles. The number of aromatic nitrogens is 2. The van der Waals surface area contributed by atoms with Gasteiger partial charge >= 0.3 is 0 Å². The third-order valence-corrected chi connectivity index (χ3v) is 4.85. The number of rotatable bonds is 5. The zero-order chi connectivity index (χ0) is 18.5. The van der Waals surface area contributed by atoms with E-state index in [1.165, 1.54) is 0 Å². The Morgan fingerprint density at radius 2 is 1.33 bits per heavy atom. The molecule has 1 N–H and O–H groups in total. The Bertz CT molecular complexity index is 895. The standard InChI is InChI=1S/C24H20N2O/c27-24(20-12-5-2-6-13-20,21-14-9-16-25-18-21)23(19-10-3-1-4-11-19)22-15-7-8-17-26-22/h1-18,23,27H. The van der Waals surface area contributed by atoms with Gasteiger partial charge in [-0.05, 0) is 29.3 Å². The predicted molar refractivity (Wildman–Crippen MR) is 106 cm³/mol. The molecule has 2 unspecified atom stereocenters. The van der Waals surface area contributed by atoms with Gasteiger partial charge in [-0.3, -0.25) is 9.97 Å². The first kappa shape index (κ1) is 17.1. The lowest BCUT2D eigenvalue weighted by Gasteiger charge is -2.37. The van der Waals surface area contributed by atoms with Gasteiger partial charge in [-0.2, -0.15) is 0 Å². The van der Waals surface area contributed by atoms with Gasteiger partial charge in [0.05, 0.1) is 11.6 Å². The van der Waals surface area contributed by atoms with E-state index in [0.29, 0.717) is 0 Å². The van der Waals surface area contributed by atoms with E-state index in [4.69, 9.17) is 0 Å². The highest BCUT2D eigenvalue weighted by molar-refractivity contribution is 5.45. The van der Waals surface area contributed by atoms with Crippen molar-refractivity contribution in [1.29, 1.82) is 0 Å². The number of pyridine rings is 2. The van der Waals surface area contributed by atoms with Crippen molar-refractivity contribution >= 4 is 0 Å². The first-order valence-corrected chi connectivity index (χ1v) is 8.94. The second-order valence-corrected chi connectivity index (χ2v) is 6.47. The van der Waals surface area contributed by atoms with Crippen LogP contribution in [-0.4, -0.2) is 15.1 Å². The van der Waals surface area contributed by atoms with E-state index in [2.05, 4.69) is 9.97 Å². The maximum absolute atomic E-state index is 12.2. The van der Waals surface area contributed by atoms with Crippen LogP contribution in [0.1, 0.15) is 28.3 Å². The minimum atomic E-state index is -1.31. The van der Waals surface area contributed by atoms with Gasteiger partial charge in [0.1, 0.15) is 5.60 Å². The maximum Gasteiger partial charge on any atom is 0.128 e. The average Bonchev–Trinajstić information content (AvgIpc) is 2.76. The van der Waals surface area contributed by atoms with Gasteiger partial charge in [-0.25, -0.2) is 0 Å². The molecule has 0 saturated heterocycles. The Morgan fingerprint density at radius 3 is 1.96 bits per heavy atom. The summed E-state index contributed by atoms with van der Waals surface area (Å²) in [6, 6.07) is 29.3. The van der Waals surface area contributed by atoms with E-state index in [0.717, 1.165) is 22.4 Å². The van der Waals surface area contributed by atoms with Crippen LogP contribution < -0.4 is 0 Å². The molecule has 0 fully saturated rings. The highest BCUT2D eigenvalue weighted by Crippen LogP contribution is 2.45. The summed E-state index contributed by atoms with van der Waals surface area (Å²) in [5, 5.41) is 12.2. The summed E-state index contributed by atoms with van der Waals surface area (Å²) >= 11 is 0. The van der Waals surface area contributed by atoms with Crippen molar-refractivity contribution in [3.63, 3.8) is 0 Å². The van der Waals surface area contributed by atoms with E-state index in [-0.39, 0.29) is 5.92 Å². The molecule has 4 rings (SSSR count). The van der Waals surface area contributed by atoms with Gasteiger partial charge in [-0.1, -0.05) is 72.8 Å². The lowest BCUT2D eigenvalue weighted by molar-refractivity contribution is 0.0608. The smallest absolute Gasteiger partial charge is 0.128 e. The Labute approximate surface area is 159 Å². The minimum absolute atomic E-state index is 0.383. The molecule has 2 heterocycles. The molecule has 0 aliphatic carbocycles. The number of aliphatic hydroxyl groups is 1. The molecule has 0 radical (unpaired) electrons. The molecule has 2 atom stereocenters. The van der Waals surface area contributed by atoms with Crippen LogP contribution in [0.25, 0.3) is 0 Å². The Kier molecular flexibility index (Phi) is 4.77. The third-order valence-electron chi connectivity index (χ3n) is 4.85. The van der Waals surface area contributed by atoms with Gasteiger partial charge < -0.3 is 5.11 Å². The monoisotopic (exact) mass is 352 g/mol. The second-order valence-electron chi connectivity index (χ2n) is 6.47. The number of benzene rings is 2. The van der Waals surface area contributed by atoms with Crippen LogP contribution in [0.2, 0.25) is 0 Å². The van der Waals surface area contributed by atoms with Crippen LogP contribution in [0.5, 0.6) is 0 Å². The van der Waals surface area contributed by atoms with Crippen molar-refractivity contribution in [3.05, 3.63) is 132 Å². The molecule has 0 spiro atoms. The van der Waals surface area contributed by atoms with Crippen LogP contribution in [0, 0.1) is 0 Å². The fourth-order valence-electron chi connectivity index (χ4n) is 3.60. The Hall–Kier alpha value is -3.30. The highest BCUT2D eigenvalue weighted by Gasteiger charge is 2.43. The lowest BCUT2D eigenvalue weighted by Crippen LogP contribution is -2.36. The Balaban J connectivity index is 2.01. The summed E-state index contributed by atoms with van der Waals surface area (Å²) in [5.41, 5.74) is 2.02. The Morgan fingerprint density at radius 1 is 0.667 bits per heavy atom. The summed E-state index contributed by atoms with van der Waals surface area (Å²) in [4.78, 5) is 8.86. The van der Waals surface area contributed by atoms with Gasteiger partial charge in [-0.15, -0.1) is 0 Å². The molecular formula is C24H20N2O. The molecule has 3 heteroatoms. The topological polar surface area (TPSA) is 46.0 Å². The van der Waals surface area contributed by atoms with Gasteiger partial charge in [0.25, 0.3) is 0 Å². The van der Waals surface area contributed by atoms with Gasteiger partial charge in [0.2, 0.25) is 0 Å². The number of hydrogen-bond acceptors (Lipinski definition) is 3. The summed E-state index contributed by atoms with van der Waals surface area (Å²) in [6.45, 7) is 0. The molecule has 3 nitrogen and oxygen atoms in total. The quantitative estimate of drug-likeness (QED) is 0.573. The van der Waals surface area contributed by atoms with E-state index in [1.807, 2.05) is 91.0 Å². The van der Waals surface area contributed by atoms with Crippen molar-refractivity contribution < 1.29 is 5.11 Å². The normalized spacial score (nSPS) is 14.3. The zero-order valence-corrected chi connectivity index (χ0v) is 14.8. The molecule has 0 aliphatic heterocycles. The van der Waals surface area contributed by atoms with Gasteiger partial charge in [0, 0.05) is 24.2 Å². The minimum Gasteiger partial charge on any atom is -0.379 e. The van der Waals surface area contributed by atoms with Crippen LogP contribution in [0.3, 0.4) is 0 Å². The van der Waals surface area contributed by atoms with Crippen molar-refractivity contribution in [3.8, 4) is 0 Å². The van der Waals surface area contributed by atoms with Crippen molar-refractivity contribution in [2.24, 2.45) is 0 Å². The summed E-state index contributed by atoms with van der Waals surface area (Å²) in [6.07, 6.45) is 5.21. The number of nitrogens with zero attached hydrogens (tertiary/aromatic N) is 2. The van der Waals surface area contributed by atoms with E-state index in [1.54, 1.807) is 18.6 Å². The molecule has 27 heavy (non-hydrogen) atoms. The number of hydrogen-bond donors (Lipinski definition) is 1.